The lowest BCUT2D eigenvalue weighted by atomic mass is 9.62. The van der Waals surface area contributed by atoms with Gasteiger partial charge in [-0.25, -0.2) is 0 Å². The summed E-state index contributed by atoms with van der Waals surface area (Å²) >= 11 is 0. The second kappa shape index (κ2) is 9.51. The molecule has 8 heteroatoms. The van der Waals surface area contributed by atoms with Crippen LogP contribution in [0.25, 0.3) is 0 Å². The maximum Gasteiger partial charge on any atom is 0.310 e. The zero-order chi connectivity index (χ0) is 25.7. The number of aliphatic hydroxyl groups is 1. The van der Waals surface area contributed by atoms with Gasteiger partial charge >= 0.3 is 5.97 Å². The summed E-state index contributed by atoms with van der Waals surface area (Å²) in [4.78, 5) is 44.5. The van der Waals surface area contributed by atoms with Gasteiger partial charge in [-0.15, -0.1) is 6.58 Å². The molecule has 35 heavy (non-hydrogen) atoms. The molecule has 4 fully saturated rings. The van der Waals surface area contributed by atoms with Crippen LogP contribution in [-0.2, 0) is 19.1 Å². The minimum atomic E-state index is -1.21. The summed E-state index contributed by atoms with van der Waals surface area (Å²) in [6, 6.07) is -1.49. The number of carboxylic acids is 1. The summed E-state index contributed by atoms with van der Waals surface area (Å²) in [5, 5.41) is 20.6. The van der Waals surface area contributed by atoms with E-state index in [1.54, 1.807) is 13.0 Å². The Morgan fingerprint density at radius 3 is 2.51 bits per heavy atom. The average Bonchev–Trinajstić information content (AvgIpc) is 3.35. The highest BCUT2D eigenvalue weighted by Crippen LogP contribution is 2.65. The van der Waals surface area contributed by atoms with Crippen molar-refractivity contribution in [1.29, 1.82) is 0 Å². The highest BCUT2D eigenvalue weighted by Gasteiger charge is 2.80. The number of likely N-dealkylation sites (tertiary alicyclic amines) is 1. The Balaban J connectivity index is 1.85. The van der Waals surface area contributed by atoms with Crippen molar-refractivity contribution >= 4 is 17.8 Å². The molecule has 8 atom stereocenters. The molecule has 0 aromatic rings. The summed E-state index contributed by atoms with van der Waals surface area (Å²) < 4.78 is 6.62. The molecule has 3 aliphatic heterocycles. The molecule has 0 radical (unpaired) electrons. The number of rotatable bonds is 9. The Kier molecular flexibility index (Phi) is 7.10. The normalized spacial score (nSPS) is 38.3. The van der Waals surface area contributed by atoms with Gasteiger partial charge in [0, 0.05) is 12.6 Å². The molecule has 8 nitrogen and oxygen atoms in total. The van der Waals surface area contributed by atoms with Gasteiger partial charge in [-0.3, -0.25) is 14.4 Å². The molecular formula is C27H42N2O6. The van der Waals surface area contributed by atoms with E-state index < -0.39 is 41.1 Å². The molecule has 2 amide bonds. The molecular weight excluding hydrogens is 448 g/mol. The highest BCUT2D eigenvalue weighted by molar-refractivity contribution is 5.98. The van der Waals surface area contributed by atoms with E-state index in [9.17, 15) is 24.6 Å². The fourth-order valence-electron chi connectivity index (χ4n) is 7.61. The second-order valence-corrected chi connectivity index (χ2v) is 11.5. The number of carbonyl (C=O) groups is 3. The summed E-state index contributed by atoms with van der Waals surface area (Å²) in [6.45, 7) is 11.6. The van der Waals surface area contributed by atoms with Crippen molar-refractivity contribution in [3.63, 3.8) is 0 Å². The first-order chi connectivity index (χ1) is 16.6. The summed E-state index contributed by atoms with van der Waals surface area (Å²) in [5.74, 6) is -3.79. The molecule has 4 aliphatic rings. The highest BCUT2D eigenvalue weighted by atomic mass is 16.5. The van der Waals surface area contributed by atoms with Crippen LogP contribution in [0.4, 0.5) is 0 Å². The van der Waals surface area contributed by atoms with E-state index in [1.807, 2.05) is 25.7 Å². The van der Waals surface area contributed by atoms with Gasteiger partial charge in [-0.05, 0) is 38.0 Å². The van der Waals surface area contributed by atoms with Gasteiger partial charge in [0.25, 0.3) is 0 Å². The Morgan fingerprint density at radius 1 is 1.31 bits per heavy atom. The number of ether oxygens (including phenoxy) is 1. The molecule has 0 aromatic carbocycles. The number of fused-ring (bicyclic) bond motifs is 1. The Morgan fingerprint density at radius 2 is 1.97 bits per heavy atom. The van der Waals surface area contributed by atoms with Gasteiger partial charge in [-0.1, -0.05) is 52.5 Å². The van der Waals surface area contributed by atoms with Crippen molar-refractivity contribution in [2.45, 2.75) is 102 Å². The Hall–Kier alpha value is -1.93. The minimum Gasteiger partial charge on any atom is -0.481 e. The number of carboxylic acid groups (broad SMARTS) is 1. The fraction of sp³-hybridized carbons (Fsp3) is 0.815. The number of nitrogens with zero attached hydrogens (tertiary/aromatic N) is 2. The van der Waals surface area contributed by atoms with E-state index in [2.05, 4.69) is 6.58 Å². The maximum atomic E-state index is 14.5. The zero-order valence-corrected chi connectivity index (χ0v) is 21.6. The van der Waals surface area contributed by atoms with Gasteiger partial charge < -0.3 is 24.7 Å². The number of carbonyl (C=O) groups excluding carboxylic acids is 2. The minimum absolute atomic E-state index is 0.0553. The van der Waals surface area contributed by atoms with E-state index in [-0.39, 0.29) is 36.3 Å². The second-order valence-electron chi connectivity index (χ2n) is 11.5. The first kappa shape index (κ1) is 26.1. The molecule has 1 spiro atoms. The monoisotopic (exact) mass is 490 g/mol. The quantitative estimate of drug-likeness (QED) is 0.481. The van der Waals surface area contributed by atoms with Crippen LogP contribution in [0, 0.1) is 23.7 Å². The average molecular weight is 491 g/mol. The molecule has 4 rings (SSSR count). The third-order valence-electron chi connectivity index (χ3n) is 9.72. The van der Waals surface area contributed by atoms with Crippen molar-refractivity contribution in [2.24, 2.45) is 23.7 Å². The predicted octanol–water partition coefficient (Wildman–Crippen LogP) is 2.84. The zero-order valence-electron chi connectivity index (χ0n) is 21.6. The number of hydrogen-bond acceptors (Lipinski definition) is 5. The van der Waals surface area contributed by atoms with Crippen molar-refractivity contribution < 1.29 is 29.3 Å². The fourth-order valence-corrected chi connectivity index (χ4v) is 7.61. The molecule has 1 aliphatic carbocycles. The van der Waals surface area contributed by atoms with E-state index in [1.165, 1.54) is 4.90 Å². The van der Waals surface area contributed by atoms with Crippen LogP contribution in [-0.4, -0.2) is 80.3 Å². The molecule has 196 valence electrons. The molecule has 3 unspecified atom stereocenters. The van der Waals surface area contributed by atoms with E-state index >= 15 is 0 Å². The largest absolute Gasteiger partial charge is 0.481 e. The van der Waals surface area contributed by atoms with Crippen LogP contribution in [0.2, 0.25) is 0 Å². The molecule has 3 saturated heterocycles. The van der Waals surface area contributed by atoms with Crippen molar-refractivity contribution in [1.82, 2.24) is 9.80 Å². The van der Waals surface area contributed by atoms with Gasteiger partial charge in [0.1, 0.15) is 17.6 Å². The van der Waals surface area contributed by atoms with Gasteiger partial charge in [0.05, 0.1) is 24.2 Å². The van der Waals surface area contributed by atoms with E-state index in [4.69, 9.17) is 4.74 Å². The van der Waals surface area contributed by atoms with Crippen LogP contribution < -0.4 is 0 Å². The Labute approximate surface area is 208 Å². The van der Waals surface area contributed by atoms with Crippen molar-refractivity contribution in [3.8, 4) is 0 Å². The molecule has 2 bridgehead atoms. The van der Waals surface area contributed by atoms with Crippen LogP contribution >= 0.6 is 0 Å². The first-order valence-electron chi connectivity index (χ1n) is 13.4. The first-order valence-corrected chi connectivity index (χ1v) is 13.4. The molecule has 1 saturated carbocycles. The van der Waals surface area contributed by atoms with Crippen molar-refractivity contribution in [2.75, 3.05) is 13.2 Å². The summed E-state index contributed by atoms with van der Waals surface area (Å²) in [6.07, 6.45) is 7.92. The SMILES string of the molecule is C=CCN(C(=O)C1N([C@@H](CO)[C@@H](C)CC)C(=O)[C@@H]2[C@@H](C(=O)O)[C@]3(C)OC12CC3C)C1CCCCC1. The van der Waals surface area contributed by atoms with Crippen molar-refractivity contribution in [3.05, 3.63) is 12.7 Å². The lowest BCUT2D eigenvalue weighted by Crippen LogP contribution is -2.61. The smallest absolute Gasteiger partial charge is 0.310 e. The standard InChI is InChI=1S/C27H42N2O6/c1-6-13-28(18-11-9-8-10-12-18)24(32)22-27-14-17(4)26(5,35-27)21(25(33)34)20(27)23(31)29(22)19(15-30)16(3)7-2/h6,16-22,30H,1,7-15H2,2-5H3,(H,33,34)/t16-,17?,19-,20-,21-,22?,26+,27?/m0/s1. The lowest BCUT2D eigenvalue weighted by Gasteiger charge is -2.43. The third kappa shape index (κ3) is 3.74. The summed E-state index contributed by atoms with van der Waals surface area (Å²) in [5.41, 5.74) is -2.23. The van der Waals surface area contributed by atoms with Gasteiger partial charge in [-0.2, -0.15) is 0 Å². The third-order valence-corrected chi connectivity index (χ3v) is 9.72. The predicted molar refractivity (Wildman–Crippen MR) is 130 cm³/mol. The maximum absolute atomic E-state index is 14.5. The molecule has 3 heterocycles. The summed E-state index contributed by atoms with van der Waals surface area (Å²) in [7, 11) is 0. The lowest BCUT2D eigenvalue weighted by molar-refractivity contribution is -0.162. The molecule has 2 N–H and O–H groups in total. The van der Waals surface area contributed by atoms with Crippen LogP contribution in [0.1, 0.15) is 72.6 Å². The number of aliphatic carboxylic acids is 1. The van der Waals surface area contributed by atoms with E-state index in [0.717, 1.165) is 32.1 Å². The van der Waals surface area contributed by atoms with Crippen LogP contribution in [0.15, 0.2) is 12.7 Å². The van der Waals surface area contributed by atoms with Gasteiger partial charge in [0.2, 0.25) is 11.8 Å². The number of amides is 2. The number of hydrogen-bond donors (Lipinski definition) is 2. The van der Waals surface area contributed by atoms with Crippen LogP contribution in [0.3, 0.4) is 0 Å². The van der Waals surface area contributed by atoms with E-state index in [0.29, 0.717) is 19.4 Å². The molecule has 0 aromatic heterocycles. The topological polar surface area (TPSA) is 107 Å². The van der Waals surface area contributed by atoms with Gasteiger partial charge in [0.15, 0.2) is 0 Å². The van der Waals surface area contributed by atoms with Crippen LogP contribution in [0.5, 0.6) is 0 Å². The Bertz CT molecular complexity index is 872. The number of aliphatic hydroxyl groups excluding tert-OH is 1.